The first-order valence-electron chi connectivity index (χ1n) is 6.56. The van der Waals surface area contributed by atoms with E-state index in [0.29, 0.717) is 18.9 Å². The van der Waals surface area contributed by atoms with Crippen LogP contribution in [-0.2, 0) is 0 Å². The fourth-order valence-corrected chi connectivity index (χ4v) is 2.32. The van der Waals surface area contributed by atoms with E-state index in [0.717, 1.165) is 12.5 Å². The van der Waals surface area contributed by atoms with Crippen LogP contribution >= 0.6 is 11.6 Å². The van der Waals surface area contributed by atoms with Crippen LogP contribution in [0.5, 0.6) is 0 Å². The number of pyridine rings is 1. The van der Waals surface area contributed by atoms with Gasteiger partial charge in [0.05, 0.1) is 5.56 Å². The minimum Gasteiger partial charge on any atom is -0.354 e. The molecule has 0 bridgehead atoms. The van der Waals surface area contributed by atoms with E-state index in [1.54, 1.807) is 0 Å². The van der Waals surface area contributed by atoms with E-state index in [2.05, 4.69) is 10.3 Å². The number of anilines is 1. The van der Waals surface area contributed by atoms with Crippen molar-refractivity contribution in [1.29, 1.82) is 0 Å². The number of amides is 1. The maximum atomic E-state index is 13.6. The Hall–Kier alpha value is -1.40. The molecule has 1 aromatic rings. The van der Waals surface area contributed by atoms with Crippen molar-refractivity contribution >= 4 is 23.3 Å². The van der Waals surface area contributed by atoms with Crippen molar-refractivity contribution in [2.45, 2.75) is 32.4 Å². The van der Waals surface area contributed by atoms with E-state index >= 15 is 0 Å². The second-order valence-electron chi connectivity index (χ2n) is 5.26. The molecule has 0 spiro atoms. The number of nitrogens with zero attached hydrogens (tertiary/aromatic N) is 2. The summed E-state index contributed by atoms with van der Waals surface area (Å²) in [6.07, 6.45) is 0.807. The number of nitrogens with two attached hydrogens (primary N) is 1. The Morgan fingerprint density at radius 3 is 2.90 bits per heavy atom. The fraction of sp³-hybridized carbons (Fsp3) is 0.538. The molecule has 0 radical (unpaired) electrons. The maximum Gasteiger partial charge on any atom is 0.255 e. The third kappa shape index (κ3) is 3.19. The Balaban J connectivity index is 2.38. The Morgan fingerprint density at radius 2 is 2.35 bits per heavy atom. The molecule has 0 aromatic carbocycles. The molecule has 0 unspecified atom stereocenters. The molecule has 20 heavy (non-hydrogen) atoms. The van der Waals surface area contributed by atoms with E-state index in [1.807, 2.05) is 18.7 Å². The van der Waals surface area contributed by atoms with Crippen molar-refractivity contribution in [3.63, 3.8) is 0 Å². The molecule has 2 heterocycles. The van der Waals surface area contributed by atoms with Gasteiger partial charge in [0, 0.05) is 25.2 Å². The molecule has 0 saturated carbocycles. The van der Waals surface area contributed by atoms with Crippen LogP contribution in [0.1, 0.15) is 30.6 Å². The second-order valence-corrected chi connectivity index (χ2v) is 5.61. The molecule has 7 heteroatoms. The zero-order valence-corrected chi connectivity index (χ0v) is 12.2. The highest BCUT2D eigenvalue weighted by Gasteiger charge is 2.26. The summed E-state index contributed by atoms with van der Waals surface area (Å²) in [5.41, 5.74) is 6.05. The number of hydrogen-bond donors (Lipinski definition) is 2. The summed E-state index contributed by atoms with van der Waals surface area (Å²) in [4.78, 5) is 18.0. The van der Waals surface area contributed by atoms with Crippen LogP contribution in [0.2, 0.25) is 5.15 Å². The SMILES string of the molecule is CC(C)NC(=O)c1cc(F)c(Cl)nc1N1CC[C@@H](N)C1. The molecule has 1 aliphatic heterocycles. The summed E-state index contributed by atoms with van der Waals surface area (Å²) >= 11 is 5.74. The van der Waals surface area contributed by atoms with Gasteiger partial charge >= 0.3 is 0 Å². The van der Waals surface area contributed by atoms with E-state index in [4.69, 9.17) is 17.3 Å². The predicted molar refractivity (Wildman–Crippen MR) is 76.6 cm³/mol. The number of carbonyl (C=O) groups excluding carboxylic acids is 1. The molecule has 5 nitrogen and oxygen atoms in total. The van der Waals surface area contributed by atoms with Crippen LogP contribution in [-0.4, -0.2) is 36.1 Å². The summed E-state index contributed by atoms with van der Waals surface area (Å²) in [5.74, 6) is -0.672. The van der Waals surface area contributed by atoms with Gasteiger partial charge in [0.1, 0.15) is 5.82 Å². The lowest BCUT2D eigenvalue weighted by Crippen LogP contribution is -2.33. The van der Waals surface area contributed by atoms with Gasteiger partial charge in [-0.05, 0) is 26.3 Å². The van der Waals surface area contributed by atoms with Crippen LogP contribution in [0.25, 0.3) is 0 Å². The number of halogens is 2. The first-order chi connectivity index (χ1) is 9.38. The van der Waals surface area contributed by atoms with E-state index in [-0.39, 0.29) is 28.7 Å². The maximum absolute atomic E-state index is 13.6. The molecular weight excluding hydrogens is 283 g/mol. The molecule has 2 rings (SSSR count). The van der Waals surface area contributed by atoms with Gasteiger partial charge in [-0.25, -0.2) is 9.37 Å². The van der Waals surface area contributed by atoms with Crippen LogP contribution in [0.3, 0.4) is 0 Å². The highest BCUT2D eigenvalue weighted by atomic mass is 35.5. The third-order valence-electron chi connectivity index (χ3n) is 3.10. The normalized spacial score (nSPS) is 18.7. The Bertz CT molecular complexity index is 523. The van der Waals surface area contributed by atoms with Crippen LogP contribution in [0.15, 0.2) is 6.07 Å². The van der Waals surface area contributed by atoms with Crippen molar-refractivity contribution in [3.05, 3.63) is 22.6 Å². The molecule has 0 aliphatic carbocycles. The van der Waals surface area contributed by atoms with Crippen LogP contribution < -0.4 is 16.0 Å². The number of hydrogen-bond acceptors (Lipinski definition) is 4. The lowest BCUT2D eigenvalue weighted by atomic mass is 10.2. The van der Waals surface area contributed by atoms with Crippen LogP contribution in [0, 0.1) is 5.82 Å². The summed E-state index contributed by atoms with van der Waals surface area (Å²) in [6.45, 7) is 4.93. The average Bonchev–Trinajstić information content (AvgIpc) is 2.77. The lowest BCUT2D eigenvalue weighted by Gasteiger charge is -2.21. The highest BCUT2D eigenvalue weighted by molar-refractivity contribution is 6.29. The van der Waals surface area contributed by atoms with Gasteiger partial charge in [-0.2, -0.15) is 0 Å². The molecule has 3 N–H and O–H groups in total. The Labute approximate surface area is 122 Å². The van der Waals surface area contributed by atoms with Crippen LogP contribution in [0.4, 0.5) is 10.2 Å². The molecule has 110 valence electrons. The van der Waals surface area contributed by atoms with Crippen molar-refractivity contribution in [3.8, 4) is 0 Å². The topological polar surface area (TPSA) is 71.2 Å². The highest BCUT2D eigenvalue weighted by Crippen LogP contribution is 2.26. The monoisotopic (exact) mass is 300 g/mol. The zero-order valence-electron chi connectivity index (χ0n) is 11.5. The van der Waals surface area contributed by atoms with Gasteiger partial charge in [0.25, 0.3) is 5.91 Å². The van der Waals surface area contributed by atoms with Gasteiger partial charge < -0.3 is 16.0 Å². The molecule has 1 atom stereocenters. The summed E-state index contributed by atoms with van der Waals surface area (Å²) in [5, 5.41) is 2.50. The molecule has 1 saturated heterocycles. The van der Waals surface area contributed by atoms with Gasteiger partial charge in [0.2, 0.25) is 0 Å². The number of rotatable bonds is 3. The largest absolute Gasteiger partial charge is 0.354 e. The molecule has 1 aromatic heterocycles. The first-order valence-corrected chi connectivity index (χ1v) is 6.93. The van der Waals surface area contributed by atoms with Crippen molar-refractivity contribution in [1.82, 2.24) is 10.3 Å². The van der Waals surface area contributed by atoms with E-state index < -0.39 is 5.82 Å². The summed E-state index contributed by atoms with van der Waals surface area (Å²) in [7, 11) is 0. The van der Waals surface area contributed by atoms with Gasteiger partial charge in [-0.3, -0.25) is 4.79 Å². The average molecular weight is 301 g/mol. The number of aromatic nitrogens is 1. The molecule has 1 amide bonds. The number of nitrogens with one attached hydrogen (secondary N) is 1. The summed E-state index contributed by atoms with van der Waals surface area (Å²) in [6, 6.07) is 1.11. The number of carbonyl (C=O) groups is 1. The fourth-order valence-electron chi connectivity index (χ4n) is 2.19. The van der Waals surface area contributed by atoms with E-state index in [9.17, 15) is 9.18 Å². The summed E-state index contributed by atoms with van der Waals surface area (Å²) < 4.78 is 13.6. The minimum atomic E-state index is -0.701. The second kappa shape index (κ2) is 5.93. The van der Waals surface area contributed by atoms with Gasteiger partial charge in [-0.15, -0.1) is 0 Å². The quantitative estimate of drug-likeness (QED) is 0.831. The van der Waals surface area contributed by atoms with Gasteiger partial charge in [0.15, 0.2) is 11.0 Å². The standard InChI is InChI=1S/C13H18ClFN4O/c1-7(2)17-13(20)9-5-10(15)11(14)18-12(9)19-4-3-8(16)6-19/h5,7-8H,3-4,6,16H2,1-2H3,(H,17,20)/t8-/m1/s1. The zero-order chi connectivity index (χ0) is 14.9. The minimum absolute atomic E-state index is 0.0293. The van der Waals surface area contributed by atoms with Crippen molar-refractivity contribution < 1.29 is 9.18 Å². The molecule has 1 fully saturated rings. The smallest absolute Gasteiger partial charge is 0.255 e. The lowest BCUT2D eigenvalue weighted by molar-refractivity contribution is 0.0943. The van der Waals surface area contributed by atoms with Gasteiger partial charge in [-0.1, -0.05) is 11.6 Å². The first kappa shape index (κ1) is 15.0. The predicted octanol–water partition coefficient (Wildman–Crippen LogP) is 1.55. The molecular formula is C13H18ClFN4O. The Kier molecular flexibility index (Phi) is 4.45. The molecule has 1 aliphatic rings. The van der Waals surface area contributed by atoms with E-state index in [1.165, 1.54) is 0 Å². The van der Waals surface area contributed by atoms with Crippen molar-refractivity contribution in [2.24, 2.45) is 5.73 Å². The third-order valence-corrected chi connectivity index (χ3v) is 3.37. The van der Waals surface area contributed by atoms with Crippen molar-refractivity contribution in [2.75, 3.05) is 18.0 Å². The Morgan fingerprint density at radius 1 is 1.65 bits per heavy atom.